The van der Waals surface area contributed by atoms with Crippen LogP contribution in [-0.2, 0) is 4.79 Å². The Kier molecular flexibility index (Phi) is 2.59. The fraction of sp³-hybridized carbons (Fsp3) is 0.429. The van der Waals surface area contributed by atoms with Gasteiger partial charge in [0.2, 0.25) is 0 Å². The van der Waals surface area contributed by atoms with Gasteiger partial charge in [0.1, 0.15) is 11.6 Å². The molecular formula is C14H13FO4. The molecule has 0 amide bonds. The van der Waals surface area contributed by atoms with Crippen molar-refractivity contribution in [2.45, 2.75) is 19.3 Å². The average Bonchev–Trinajstić information content (AvgIpc) is 3.12. The lowest BCUT2D eigenvalue weighted by Gasteiger charge is -2.19. The number of aliphatic carboxylic acids is 1. The Morgan fingerprint density at radius 2 is 2.21 bits per heavy atom. The van der Waals surface area contributed by atoms with Gasteiger partial charge in [-0.15, -0.1) is 0 Å². The van der Waals surface area contributed by atoms with Crippen LogP contribution in [0.4, 0.5) is 4.39 Å². The summed E-state index contributed by atoms with van der Waals surface area (Å²) < 4.78 is 19.4. The van der Waals surface area contributed by atoms with E-state index >= 15 is 0 Å². The lowest BCUT2D eigenvalue weighted by atomic mass is 9.97. The van der Waals surface area contributed by atoms with Gasteiger partial charge in [-0.3, -0.25) is 9.59 Å². The SMILES string of the molecule is CCC(=O)c1ccc(F)c2c1OCC1C(C(=O)O)C21. The second-order valence-corrected chi connectivity index (χ2v) is 4.98. The molecule has 0 saturated heterocycles. The van der Waals surface area contributed by atoms with Gasteiger partial charge in [0.15, 0.2) is 5.78 Å². The molecule has 2 aliphatic rings. The maximum absolute atomic E-state index is 13.9. The highest BCUT2D eigenvalue weighted by Gasteiger charge is 2.60. The van der Waals surface area contributed by atoms with Crippen molar-refractivity contribution in [3.8, 4) is 5.75 Å². The van der Waals surface area contributed by atoms with Crippen molar-refractivity contribution in [1.82, 2.24) is 0 Å². The molecule has 0 bridgehead atoms. The van der Waals surface area contributed by atoms with Crippen molar-refractivity contribution in [2.75, 3.05) is 6.61 Å². The lowest BCUT2D eigenvalue weighted by Crippen LogP contribution is -2.14. The van der Waals surface area contributed by atoms with Crippen LogP contribution in [-0.4, -0.2) is 23.5 Å². The largest absolute Gasteiger partial charge is 0.492 e. The number of ether oxygens (including phenoxy) is 1. The van der Waals surface area contributed by atoms with E-state index in [9.17, 15) is 14.0 Å². The van der Waals surface area contributed by atoms with Crippen molar-refractivity contribution in [3.05, 3.63) is 29.1 Å². The molecule has 0 spiro atoms. The van der Waals surface area contributed by atoms with Gasteiger partial charge in [-0.2, -0.15) is 0 Å². The summed E-state index contributed by atoms with van der Waals surface area (Å²) in [6.07, 6.45) is 0.303. The zero-order chi connectivity index (χ0) is 13.7. The Labute approximate surface area is 109 Å². The van der Waals surface area contributed by atoms with Gasteiger partial charge >= 0.3 is 5.97 Å². The van der Waals surface area contributed by atoms with Crippen LogP contribution in [0.15, 0.2) is 12.1 Å². The maximum atomic E-state index is 13.9. The molecule has 1 saturated carbocycles. The van der Waals surface area contributed by atoms with E-state index in [0.717, 1.165) is 0 Å². The summed E-state index contributed by atoms with van der Waals surface area (Å²) in [6.45, 7) is 1.96. The van der Waals surface area contributed by atoms with Crippen LogP contribution in [0.1, 0.15) is 35.2 Å². The maximum Gasteiger partial charge on any atom is 0.307 e. The molecule has 4 nitrogen and oxygen atoms in total. The summed E-state index contributed by atoms with van der Waals surface area (Å²) in [7, 11) is 0. The third-order valence-electron chi connectivity index (χ3n) is 3.97. The molecule has 3 rings (SSSR count). The summed E-state index contributed by atoms with van der Waals surface area (Å²) in [5, 5.41) is 9.08. The van der Waals surface area contributed by atoms with E-state index in [1.807, 2.05) is 0 Å². The van der Waals surface area contributed by atoms with E-state index in [4.69, 9.17) is 9.84 Å². The molecule has 1 aliphatic carbocycles. The third-order valence-corrected chi connectivity index (χ3v) is 3.97. The van der Waals surface area contributed by atoms with Crippen molar-refractivity contribution in [3.63, 3.8) is 0 Å². The molecule has 1 aromatic carbocycles. The summed E-state index contributed by atoms with van der Waals surface area (Å²) in [4.78, 5) is 22.9. The molecular weight excluding hydrogens is 251 g/mol. The number of carbonyl (C=O) groups is 2. The minimum atomic E-state index is -0.932. The van der Waals surface area contributed by atoms with Crippen molar-refractivity contribution in [1.29, 1.82) is 0 Å². The third kappa shape index (κ3) is 1.64. The Hall–Kier alpha value is -1.91. The fourth-order valence-corrected chi connectivity index (χ4v) is 2.94. The molecule has 0 radical (unpaired) electrons. The average molecular weight is 264 g/mol. The number of carboxylic acid groups (broad SMARTS) is 1. The Bertz CT molecular complexity index is 581. The standard InChI is InChI=1S/C14H13FO4/c1-2-9(16)6-3-4-8(15)12-10-7(5-19-13(6)12)11(10)14(17)18/h3-4,7,10-11H,2,5H2,1H3,(H,17,18). The molecule has 1 heterocycles. The first kappa shape index (κ1) is 12.1. The van der Waals surface area contributed by atoms with E-state index in [1.54, 1.807) is 6.92 Å². The Morgan fingerprint density at radius 1 is 1.47 bits per heavy atom. The molecule has 1 N–H and O–H groups in total. The minimum absolute atomic E-state index is 0.123. The van der Waals surface area contributed by atoms with Gasteiger partial charge in [-0.1, -0.05) is 6.92 Å². The summed E-state index contributed by atoms with van der Waals surface area (Å²) >= 11 is 0. The quantitative estimate of drug-likeness (QED) is 0.850. The number of halogens is 1. The van der Waals surface area contributed by atoms with Crippen LogP contribution in [0.2, 0.25) is 0 Å². The van der Waals surface area contributed by atoms with E-state index in [2.05, 4.69) is 0 Å². The number of rotatable bonds is 3. The number of hydrogen-bond acceptors (Lipinski definition) is 3. The summed E-state index contributed by atoms with van der Waals surface area (Å²) in [5.41, 5.74) is 0.622. The lowest BCUT2D eigenvalue weighted by molar-refractivity contribution is -0.139. The normalized spacial score (nSPS) is 26.9. The molecule has 19 heavy (non-hydrogen) atoms. The predicted octanol–water partition coefficient (Wildman–Crippen LogP) is 2.22. The van der Waals surface area contributed by atoms with Crippen LogP contribution in [0, 0.1) is 17.7 Å². The van der Waals surface area contributed by atoms with Crippen LogP contribution in [0.25, 0.3) is 0 Å². The van der Waals surface area contributed by atoms with Crippen LogP contribution >= 0.6 is 0 Å². The smallest absolute Gasteiger partial charge is 0.307 e. The number of carboxylic acids is 1. The van der Waals surface area contributed by atoms with Crippen LogP contribution < -0.4 is 4.74 Å². The minimum Gasteiger partial charge on any atom is -0.492 e. The van der Waals surface area contributed by atoms with Gasteiger partial charge < -0.3 is 9.84 Å². The van der Waals surface area contributed by atoms with Gasteiger partial charge in [0.25, 0.3) is 0 Å². The second kappa shape index (κ2) is 4.05. The first-order valence-electron chi connectivity index (χ1n) is 6.27. The first-order valence-corrected chi connectivity index (χ1v) is 6.27. The van der Waals surface area contributed by atoms with Gasteiger partial charge in [-0.25, -0.2) is 4.39 Å². The molecule has 3 atom stereocenters. The second-order valence-electron chi connectivity index (χ2n) is 4.98. The molecule has 5 heteroatoms. The number of carbonyl (C=O) groups excluding carboxylic acids is 1. The zero-order valence-corrected chi connectivity index (χ0v) is 10.4. The van der Waals surface area contributed by atoms with E-state index in [-0.39, 0.29) is 35.5 Å². The summed E-state index contributed by atoms with van der Waals surface area (Å²) in [5.74, 6) is -2.42. The molecule has 1 aromatic rings. The monoisotopic (exact) mass is 264 g/mol. The predicted molar refractivity (Wildman–Crippen MR) is 63.9 cm³/mol. The van der Waals surface area contributed by atoms with Crippen molar-refractivity contribution in [2.24, 2.45) is 11.8 Å². The van der Waals surface area contributed by atoms with Gasteiger partial charge in [0, 0.05) is 23.8 Å². The van der Waals surface area contributed by atoms with Gasteiger partial charge in [0.05, 0.1) is 18.1 Å². The number of benzene rings is 1. The van der Waals surface area contributed by atoms with E-state index in [0.29, 0.717) is 12.0 Å². The number of ketones is 1. The molecule has 1 aliphatic heterocycles. The van der Waals surface area contributed by atoms with Crippen molar-refractivity contribution >= 4 is 11.8 Å². The summed E-state index contributed by atoms with van der Waals surface area (Å²) in [6, 6.07) is 2.64. The highest BCUT2D eigenvalue weighted by molar-refractivity contribution is 5.99. The molecule has 1 fully saturated rings. The Balaban J connectivity index is 2.10. The van der Waals surface area contributed by atoms with E-state index in [1.165, 1.54) is 12.1 Å². The topological polar surface area (TPSA) is 63.6 Å². The molecule has 0 aromatic heterocycles. The number of Topliss-reactive ketones (excluding diaryl/α,β-unsaturated/α-hetero) is 1. The van der Waals surface area contributed by atoms with Crippen LogP contribution in [0.5, 0.6) is 5.75 Å². The number of hydrogen-bond donors (Lipinski definition) is 1. The first-order chi connectivity index (χ1) is 9.06. The highest BCUT2D eigenvalue weighted by Crippen LogP contribution is 2.60. The fourth-order valence-electron chi connectivity index (χ4n) is 2.94. The zero-order valence-electron chi connectivity index (χ0n) is 10.4. The highest BCUT2D eigenvalue weighted by atomic mass is 19.1. The van der Waals surface area contributed by atoms with Crippen molar-refractivity contribution < 1.29 is 23.8 Å². The Morgan fingerprint density at radius 3 is 2.84 bits per heavy atom. The van der Waals surface area contributed by atoms with Crippen LogP contribution in [0.3, 0.4) is 0 Å². The number of fused-ring (bicyclic) bond motifs is 3. The molecule has 3 unspecified atom stereocenters. The van der Waals surface area contributed by atoms with Gasteiger partial charge in [-0.05, 0) is 12.1 Å². The molecule has 100 valence electrons. The van der Waals surface area contributed by atoms with E-state index < -0.39 is 17.7 Å².